The van der Waals surface area contributed by atoms with E-state index in [2.05, 4.69) is 87.2 Å². The van der Waals surface area contributed by atoms with Gasteiger partial charge in [-0.3, -0.25) is 9.59 Å². The minimum atomic E-state index is -0.815. The first kappa shape index (κ1) is 31.8. The van der Waals surface area contributed by atoms with Gasteiger partial charge in [0.2, 0.25) is 0 Å². The zero-order valence-corrected chi connectivity index (χ0v) is 26.9. The summed E-state index contributed by atoms with van der Waals surface area (Å²) in [4.78, 5) is 27.5. The lowest BCUT2D eigenvalue weighted by Crippen LogP contribution is -2.17. The highest BCUT2D eigenvalue weighted by Gasteiger charge is 2.19. The molecule has 0 aliphatic heterocycles. The third-order valence-corrected chi connectivity index (χ3v) is 8.14. The van der Waals surface area contributed by atoms with Crippen LogP contribution in [0, 0.1) is 11.8 Å². The first-order chi connectivity index (χ1) is 21.7. The molecule has 5 aromatic rings. The van der Waals surface area contributed by atoms with Crippen molar-refractivity contribution in [3.8, 4) is 0 Å². The van der Waals surface area contributed by atoms with Gasteiger partial charge in [-0.05, 0) is 78.1 Å². The van der Waals surface area contributed by atoms with E-state index in [4.69, 9.17) is 5.11 Å². The molecule has 232 valence electrons. The molecule has 0 unspecified atom stereocenters. The Hall–Kier alpha value is -4.64. The number of hydrogen-bond acceptors (Lipinski definition) is 3. The van der Waals surface area contributed by atoms with Crippen molar-refractivity contribution >= 4 is 34.0 Å². The number of aryl methyl sites for hydroxylation is 1. The van der Waals surface area contributed by atoms with Crippen LogP contribution in [-0.2, 0) is 30.7 Å². The highest BCUT2D eigenvalue weighted by molar-refractivity contribution is 6.16. The number of para-hydroxylation sites is 1. The van der Waals surface area contributed by atoms with Crippen molar-refractivity contribution in [3.63, 3.8) is 0 Å². The van der Waals surface area contributed by atoms with Crippen LogP contribution in [0.3, 0.4) is 0 Å². The first-order valence-corrected chi connectivity index (χ1v) is 16.1. The van der Waals surface area contributed by atoms with Gasteiger partial charge < -0.3 is 14.6 Å². The third kappa shape index (κ3) is 8.10. The van der Waals surface area contributed by atoms with Crippen LogP contribution in [0.25, 0.3) is 10.9 Å². The van der Waals surface area contributed by atoms with Crippen molar-refractivity contribution in [3.05, 3.63) is 131 Å². The molecule has 0 aliphatic carbocycles. The summed E-state index contributed by atoms with van der Waals surface area (Å²) in [5, 5.41) is 9.99. The number of ketones is 1. The number of aliphatic carboxylic acids is 1. The summed E-state index contributed by atoms with van der Waals surface area (Å²) in [5.74, 6) is 0.332. The maximum Gasteiger partial charge on any atom is 0.303 e. The lowest BCUT2D eigenvalue weighted by molar-refractivity contribution is -0.137. The molecule has 0 spiro atoms. The highest BCUT2D eigenvalue weighted by Crippen LogP contribution is 2.31. The number of aromatic nitrogens is 1. The average Bonchev–Trinajstić information content (AvgIpc) is 3.38. The molecule has 1 aromatic heterocycles. The zero-order chi connectivity index (χ0) is 31.9. The number of carbonyl (C=O) groups is 2. The summed E-state index contributed by atoms with van der Waals surface area (Å²) in [6.07, 6.45) is 4.56. The second kappa shape index (κ2) is 14.4. The molecule has 5 nitrogen and oxygen atoms in total. The lowest BCUT2D eigenvalue weighted by atomic mass is 10.00. The van der Waals surface area contributed by atoms with Crippen molar-refractivity contribution in [1.82, 2.24) is 4.57 Å². The Balaban J connectivity index is 1.48. The van der Waals surface area contributed by atoms with E-state index in [1.54, 1.807) is 0 Å². The maximum absolute atomic E-state index is 14.1. The van der Waals surface area contributed by atoms with E-state index in [0.717, 1.165) is 35.1 Å². The molecule has 0 saturated carbocycles. The van der Waals surface area contributed by atoms with Gasteiger partial charge >= 0.3 is 5.97 Å². The third-order valence-electron chi connectivity index (χ3n) is 8.14. The van der Waals surface area contributed by atoms with Crippen molar-refractivity contribution < 1.29 is 14.7 Å². The number of nitrogens with zero attached hydrogens (tertiary/aromatic N) is 2. The van der Waals surface area contributed by atoms with Crippen LogP contribution in [-0.4, -0.2) is 21.4 Å². The Morgan fingerprint density at radius 2 is 1.36 bits per heavy atom. The Labute approximate surface area is 267 Å². The van der Waals surface area contributed by atoms with E-state index >= 15 is 0 Å². The molecule has 1 N–H and O–H groups in total. The minimum absolute atomic E-state index is 0.0460. The fourth-order valence-corrected chi connectivity index (χ4v) is 6.03. The monoisotopic (exact) mass is 600 g/mol. The average molecular weight is 601 g/mol. The number of anilines is 2. The summed E-state index contributed by atoms with van der Waals surface area (Å²) >= 11 is 0. The summed E-state index contributed by atoms with van der Waals surface area (Å²) in [7, 11) is 0. The predicted molar refractivity (Wildman–Crippen MR) is 184 cm³/mol. The quantitative estimate of drug-likeness (QED) is 0.129. The Bertz CT molecular complexity index is 1750. The van der Waals surface area contributed by atoms with E-state index in [1.165, 1.54) is 16.7 Å². The standard InChI is InChI=1S/C40H44N2O3/c1-28(2)23-30-14-16-32(17-15-30)26-42(34-20-18-31(19-21-34)24-29(3)4)35-10-7-9-33(25-35)40(45)37-27-41(22-8-13-39(43)44)38-12-6-5-11-36(37)38/h5-7,9-12,14-21,25,27-29H,8,13,22-24,26H2,1-4H3,(H,43,44). The van der Waals surface area contributed by atoms with Crippen LogP contribution in [0.5, 0.6) is 0 Å². The molecule has 1 heterocycles. The van der Waals surface area contributed by atoms with Crippen molar-refractivity contribution in [1.29, 1.82) is 0 Å². The van der Waals surface area contributed by atoms with E-state index < -0.39 is 5.97 Å². The highest BCUT2D eigenvalue weighted by atomic mass is 16.4. The smallest absolute Gasteiger partial charge is 0.303 e. The van der Waals surface area contributed by atoms with Gasteiger partial charge in [-0.15, -0.1) is 0 Å². The van der Waals surface area contributed by atoms with Gasteiger partial charge in [0.1, 0.15) is 0 Å². The van der Waals surface area contributed by atoms with Gasteiger partial charge in [-0.25, -0.2) is 0 Å². The van der Waals surface area contributed by atoms with Gasteiger partial charge in [0.15, 0.2) is 5.78 Å². The normalized spacial score (nSPS) is 11.4. The molecule has 45 heavy (non-hydrogen) atoms. The number of rotatable bonds is 14. The molecule has 0 bridgehead atoms. The summed E-state index contributed by atoms with van der Waals surface area (Å²) in [5.41, 5.74) is 8.07. The minimum Gasteiger partial charge on any atom is -0.481 e. The summed E-state index contributed by atoms with van der Waals surface area (Å²) < 4.78 is 2.00. The fourth-order valence-electron chi connectivity index (χ4n) is 6.03. The topological polar surface area (TPSA) is 62.5 Å². The van der Waals surface area contributed by atoms with Crippen molar-refractivity contribution in [2.24, 2.45) is 11.8 Å². The van der Waals surface area contributed by atoms with Crippen LogP contribution < -0.4 is 4.90 Å². The second-order valence-corrected chi connectivity index (χ2v) is 12.9. The van der Waals surface area contributed by atoms with E-state index in [9.17, 15) is 9.59 Å². The van der Waals surface area contributed by atoms with Gasteiger partial charge in [-0.1, -0.05) is 94.4 Å². The Morgan fingerprint density at radius 3 is 2.00 bits per heavy atom. The van der Waals surface area contributed by atoms with Crippen LogP contribution in [0.15, 0.2) is 103 Å². The van der Waals surface area contributed by atoms with Crippen molar-refractivity contribution in [2.75, 3.05) is 4.90 Å². The van der Waals surface area contributed by atoms with Gasteiger partial charge in [-0.2, -0.15) is 0 Å². The molecule has 0 fully saturated rings. The fraction of sp³-hybridized carbons (Fsp3) is 0.300. The van der Waals surface area contributed by atoms with Crippen LogP contribution in [0.2, 0.25) is 0 Å². The van der Waals surface area contributed by atoms with E-state index in [1.807, 2.05) is 53.2 Å². The second-order valence-electron chi connectivity index (χ2n) is 12.9. The van der Waals surface area contributed by atoms with Gasteiger partial charge in [0.25, 0.3) is 0 Å². The SMILES string of the molecule is CC(C)Cc1ccc(CN(c2ccc(CC(C)C)cc2)c2cccc(C(=O)c3cn(CCCC(=O)O)c4ccccc34)c2)cc1. The molecular weight excluding hydrogens is 556 g/mol. The molecule has 5 heteroatoms. The predicted octanol–water partition coefficient (Wildman–Crippen LogP) is 9.47. The molecule has 0 aliphatic rings. The van der Waals surface area contributed by atoms with Crippen LogP contribution in [0.1, 0.15) is 73.1 Å². The largest absolute Gasteiger partial charge is 0.481 e. The van der Waals surface area contributed by atoms with Crippen LogP contribution in [0.4, 0.5) is 11.4 Å². The number of benzene rings is 4. The lowest BCUT2D eigenvalue weighted by Gasteiger charge is -2.26. The first-order valence-electron chi connectivity index (χ1n) is 16.1. The maximum atomic E-state index is 14.1. The number of carbonyl (C=O) groups excluding carboxylic acids is 1. The van der Waals surface area contributed by atoms with Crippen molar-refractivity contribution in [2.45, 2.75) is 66.5 Å². The molecule has 4 aromatic carbocycles. The molecule has 0 atom stereocenters. The Morgan fingerprint density at radius 1 is 0.733 bits per heavy atom. The number of hydrogen-bond donors (Lipinski definition) is 1. The van der Waals surface area contributed by atoms with Gasteiger partial charge in [0, 0.05) is 59.1 Å². The Kier molecular flexibility index (Phi) is 10.2. The molecule has 0 amide bonds. The van der Waals surface area contributed by atoms with Crippen LogP contribution >= 0.6 is 0 Å². The molecule has 5 rings (SSSR count). The van der Waals surface area contributed by atoms with Gasteiger partial charge in [0.05, 0.1) is 0 Å². The number of carboxylic acids is 1. The summed E-state index contributed by atoms with van der Waals surface area (Å²) in [6.45, 7) is 10.2. The molecule has 0 radical (unpaired) electrons. The van der Waals surface area contributed by atoms with E-state index in [-0.39, 0.29) is 12.2 Å². The molecule has 0 saturated heterocycles. The number of fused-ring (bicyclic) bond motifs is 1. The summed E-state index contributed by atoms with van der Waals surface area (Å²) in [6, 6.07) is 33.4. The van der Waals surface area contributed by atoms with E-state index in [0.29, 0.717) is 42.5 Å². The number of carboxylic acid groups (broad SMARTS) is 1. The zero-order valence-electron chi connectivity index (χ0n) is 26.9. The molecular formula is C40H44N2O3.